The minimum atomic E-state index is -0.394. The van der Waals surface area contributed by atoms with Gasteiger partial charge in [0.05, 0.1) is 30.5 Å². The van der Waals surface area contributed by atoms with E-state index in [9.17, 15) is 9.59 Å². The summed E-state index contributed by atoms with van der Waals surface area (Å²) in [7, 11) is 1.60. The number of methoxy groups -OCH3 is 1. The van der Waals surface area contributed by atoms with Crippen molar-refractivity contribution in [2.75, 3.05) is 26.8 Å². The van der Waals surface area contributed by atoms with Crippen LogP contribution in [0.4, 0.5) is 4.79 Å². The molecular weight excluding hydrogens is 270 g/mol. The Morgan fingerprint density at radius 3 is 2.76 bits per heavy atom. The fourth-order valence-corrected chi connectivity index (χ4v) is 2.71. The number of rotatable bonds is 4. The summed E-state index contributed by atoms with van der Waals surface area (Å²) in [5.74, 6) is -0.0524. The minimum Gasteiger partial charge on any atom is -0.383 e. The zero-order valence-electron chi connectivity index (χ0n) is 11.8. The molecule has 1 aromatic rings. The normalized spacial score (nSPS) is 21.2. The van der Waals surface area contributed by atoms with E-state index in [1.54, 1.807) is 12.0 Å². The number of hydrogen-bond donors (Lipinski definition) is 2. The van der Waals surface area contributed by atoms with Gasteiger partial charge in [-0.05, 0) is 5.56 Å². The first-order chi connectivity index (χ1) is 10.2. The highest BCUT2D eigenvalue weighted by atomic mass is 16.5. The molecule has 2 heterocycles. The molecule has 0 aromatic heterocycles. The van der Waals surface area contributed by atoms with Crippen LogP contribution in [0.15, 0.2) is 41.6 Å². The zero-order valence-corrected chi connectivity index (χ0v) is 11.8. The number of carbonyl (C=O) groups is 2. The van der Waals surface area contributed by atoms with Crippen molar-refractivity contribution in [3.8, 4) is 0 Å². The molecule has 0 saturated carbocycles. The van der Waals surface area contributed by atoms with Crippen molar-refractivity contribution in [2.24, 2.45) is 0 Å². The quantitative estimate of drug-likeness (QED) is 0.860. The first kappa shape index (κ1) is 13.6. The van der Waals surface area contributed by atoms with Crippen molar-refractivity contribution in [1.29, 1.82) is 0 Å². The van der Waals surface area contributed by atoms with Crippen molar-refractivity contribution < 1.29 is 14.3 Å². The number of benzene rings is 1. The number of nitrogens with one attached hydrogen (secondary N) is 2. The molecule has 110 valence electrons. The molecule has 3 rings (SSSR count). The Morgan fingerprint density at radius 2 is 2.05 bits per heavy atom. The van der Waals surface area contributed by atoms with Crippen LogP contribution < -0.4 is 10.6 Å². The number of urea groups is 1. The number of hydrogen-bond acceptors (Lipinski definition) is 3. The van der Waals surface area contributed by atoms with Gasteiger partial charge in [0.15, 0.2) is 0 Å². The van der Waals surface area contributed by atoms with Crippen molar-refractivity contribution in [1.82, 2.24) is 15.5 Å². The van der Waals surface area contributed by atoms with Crippen LogP contribution in [-0.4, -0.2) is 43.6 Å². The molecule has 0 unspecified atom stereocenters. The Bertz CT molecular complexity index is 597. The van der Waals surface area contributed by atoms with E-state index < -0.39 is 6.04 Å². The molecule has 2 aliphatic rings. The minimum absolute atomic E-state index is 0.0524. The second-order valence-electron chi connectivity index (χ2n) is 5.05. The van der Waals surface area contributed by atoms with Crippen LogP contribution in [-0.2, 0) is 9.53 Å². The van der Waals surface area contributed by atoms with E-state index >= 15 is 0 Å². The van der Waals surface area contributed by atoms with Crippen molar-refractivity contribution >= 4 is 11.9 Å². The Kier molecular flexibility index (Phi) is 3.62. The fraction of sp³-hybridized carbons (Fsp3) is 0.333. The van der Waals surface area contributed by atoms with E-state index in [4.69, 9.17) is 4.74 Å². The van der Waals surface area contributed by atoms with Crippen molar-refractivity contribution in [2.45, 2.75) is 6.04 Å². The van der Waals surface area contributed by atoms with Gasteiger partial charge in [0.1, 0.15) is 0 Å². The Morgan fingerprint density at radius 1 is 1.29 bits per heavy atom. The number of amides is 3. The molecule has 1 atom stereocenters. The molecular formula is C15H17N3O3. The summed E-state index contributed by atoms with van der Waals surface area (Å²) < 4.78 is 5.02. The van der Waals surface area contributed by atoms with E-state index in [0.717, 1.165) is 5.56 Å². The van der Waals surface area contributed by atoms with Crippen LogP contribution in [0.2, 0.25) is 0 Å². The topological polar surface area (TPSA) is 70.7 Å². The van der Waals surface area contributed by atoms with Crippen LogP contribution in [0, 0.1) is 0 Å². The third-order valence-electron chi connectivity index (χ3n) is 3.72. The average Bonchev–Trinajstić information content (AvgIpc) is 2.81. The van der Waals surface area contributed by atoms with Crippen LogP contribution in [0.5, 0.6) is 0 Å². The van der Waals surface area contributed by atoms with Gasteiger partial charge in [0, 0.05) is 13.7 Å². The van der Waals surface area contributed by atoms with Gasteiger partial charge in [-0.2, -0.15) is 0 Å². The summed E-state index contributed by atoms with van der Waals surface area (Å²) in [5.41, 5.74) is 2.22. The van der Waals surface area contributed by atoms with E-state index in [0.29, 0.717) is 31.0 Å². The van der Waals surface area contributed by atoms with Crippen molar-refractivity contribution in [3.05, 3.63) is 47.2 Å². The first-order valence-corrected chi connectivity index (χ1v) is 6.84. The number of carbonyl (C=O) groups excluding carboxylic acids is 2. The lowest BCUT2D eigenvalue weighted by Crippen LogP contribution is -2.44. The second-order valence-corrected chi connectivity index (χ2v) is 5.05. The van der Waals surface area contributed by atoms with E-state index in [1.807, 2.05) is 30.3 Å². The summed E-state index contributed by atoms with van der Waals surface area (Å²) in [6.07, 6.45) is 0. The molecule has 1 aromatic carbocycles. The number of nitrogens with zero attached hydrogens (tertiary/aromatic N) is 1. The van der Waals surface area contributed by atoms with Gasteiger partial charge in [-0.15, -0.1) is 0 Å². The first-order valence-electron chi connectivity index (χ1n) is 6.84. The SMILES string of the molecule is COCCN1CC2=C(C1=O)[C@H](c1ccccc1)NC(=O)N2. The third-order valence-corrected chi connectivity index (χ3v) is 3.72. The van der Waals surface area contributed by atoms with Gasteiger partial charge in [-0.25, -0.2) is 4.79 Å². The Balaban J connectivity index is 1.90. The lowest BCUT2D eigenvalue weighted by molar-refractivity contribution is -0.126. The highest BCUT2D eigenvalue weighted by molar-refractivity contribution is 6.01. The maximum absolute atomic E-state index is 12.6. The molecule has 0 spiro atoms. The van der Waals surface area contributed by atoms with Crippen LogP contribution in [0.25, 0.3) is 0 Å². The third kappa shape index (κ3) is 2.50. The van der Waals surface area contributed by atoms with Crippen LogP contribution in [0.1, 0.15) is 11.6 Å². The van der Waals surface area contributed by atoms with Crippen LogP contribution in [0.3, 0.4) is 0 Å². The highest BCUT2D eigenvalue weighted by Gasteiger charge is 2.39. The monoisotopic (exact) mass is 287 g/mol. The molecule has 0 bridgehead atoms. The summed E-state index contributed by atoms with van der Waals surface area (Å²) in [4.78, 5) is 26.1. The van der Waals surface area contributed by atoms with Gasteiger partial charge < -0.3 is 20.3 Å². The molecule has 6 nitrogen and oxygen atoms in total. The summed E-state index contributed by atoms with van der Waals surface area (Å²) in [5, 5.41) is 5.57. The predicted molar refractivity (Wildman–Crippen MR) is 76.3 cm³/mol. The molecule has 0 saturated heterocycles. The summed E-state index contributed by atoms with van der Waals surface area (Å²) in [6, 6.07) is 8.85. The Hall–Kier alpha value is -2.34. The van der Waals surface area contributed by atoms with Gasteiger partial charge >= 0.3 is 6.03 Å². The predicted octanol–water partition coefficient (Wildman–Crippen LogP) is 0.783. The molecule has 0 aliphatic carbocycles. The maximum atomic E-state index is 12.6. The zero-order chi connectivity index (χ0) is 14.8. The average molecular weight is 287 g/mol. The lowest BCUT2D eigenvalue weighted by Gasteiger charge is -2.25. The van der Waals surface area contributed by atoms with Gasteiger partial charge in [0.25, 0.3) is 5.91 Å². The van der Waals surface area contributed by atoms with Gasteiger partial charge in [-0.3, -0.25) is 4.79 Å². The van der Waals surface area contributed by atoms with E-state index in [-0.39, 0.29) is 11.9 Å². The van der Waals surface area contributed by atoms with Gasteiger partial charge in [0.2, 0.25) is 0 Å². The molecule has 2 N–H and O–H groups in total. The van der Waals surface area contributed by atoms with Crippen molar-refractivity contribution in [3.63, 3.8) is 0 Å². The highest BCUT2D eigenvalue weighted by Crippen LogP contribution is 2.32. The molecule has 0 radical (unpaired) electrons. The Labute approximate surface area is 122 Å². The standard InChI is InChI=1S/C15H17N3O3/c1-21-8-7-18-9-11-12(14(18)19)13(17-15(20)16-11)10-5-3-2-4-6-10/h2-6,13H,7-9H2,1H3,(H2,16,17,20)/t13-/m0/s1. The lowest BCUT2D eigenvalue weighted by atomic mass is 9.96. The summed E-state index contributed by atoms with van der Waals surface area (Å²) >= 11 is 0. The molecule has 3 amide bonds. The van der Waals surface area contributed by atoms with E-state index in [1.165, 1.54) is 0 Å². The van der Waals surface area contributed by atoms with Gasteiger partial charge in [-0.1, -0.05) is 30.3 Å². The second kappa shape index (κ2) is 5.57. The van der Waals surface area contributed by atoms with E-state index in [2.05, 4.69) is 10.6 Å². The summed E-state index contributed by atoms with van der Waals surface area (Å²) in [6.45, 7) is 1.41. The fourth-order valence-electron chi connectivity index (χ4n) is 2.71. The molecule has 21 heavy (non-hydrogen) atoms. The molecule has 6 heteroatoms. The largest absolute Gasteiger partial charge is 0.383 e. The molecule has 0 fully saturated rings. The van der Waals surface area contributed by atoms with Crippen LogP contribution >= 0.6 is 0 Å². The maximum Gasteiger partial charge on any atom is 0.319 e. The molecule has 2 aliphatic heterocycles. The number of ether oxygens (including phenoxy) is 1. The smallest absolute Gasteiger partial charge is 0.319 e.